The molecule has 2 aromatic carbocycles. The normalized spacial score (nSPS) is 11.4. The van der Waals surface area contributed by atoms with Gasteiger partial charge in [0.05, 0.1) is 16.8 Å². The van der Waals surface area contributed by atoms with Crippen molar-refractivity contribution in [1.82, 2.24) is 14.1 Å². The number of para-hydroxylation sites is 2. The van der Waals surface area contributed by atoms with Crippen molar-refractivity contribution >= 4 is 10.9 Å². The lowest BCUT2D eigenvalue weighted by Crippen LogP contribution is -2.38. The van der Waals surface area contributed by atoms with Crippen LogP contribution in [-0.2, 0) is 6.54 Å². The van der Waals surface area contributed by atoms with Gasteiger partial charge in [-0.05, 0) is 48.9 Å². The summed E-state index contributed by atoms with van der Waals surface area (Å²) >= 11 is 0. The highest BCUT2D eigenvalue weighted by atomic mass is 16.2. The molecular formula is C23H23N3O2. The second kappa shape index (κ2) is 7.08. The largest absolute Gasteiger partial charge is 0.352 e. The van der Waals surface area contributed by atoms with Crippen LogP contribution in [0.3, 0.4) is 0 Å². The second-order valence-electron chi connectivity index (χ2n) is 7.22. The Morgan fingerprint density at radius 2 is 1.68 bits per heavy atom. The minimum Gasteiger partial charge on any atom is -0.293 e. The number of hydrogen-bond acceptors (Lipinski definition) is 3. The number of rotatable bonds is 4. The number of aromatic nitrogens is 3. The van der Waals surface area contributed by atoms with E-state index in [0.29, 0.717) is 17.9 Å². The van der Waals surface area contributed by atoms with E-state index in [0.717, 1.165) is 40.6 Å². The van der Waals surface area contributed by atoms with E-state index in [9.17, 15) is 9.59 Å². The molecule has 0 fully saturated rings. The molecule has 0 saturated carbocycles. The van der Waals surface area contributed by atoms with E-state index >= 15 is 0 Å². The predicted molar refractivity (Wildman–Crippen MR) is 113 cm³/mol. The Morgan fingerprint density at radius 3 is 2.39 bits per heavy atom. The van der Waals surface area contributed by atoms with Crippen molar-refractivity contribution in [3.8, 4) is 17.1 Å². The van der Waals surface area contributed by atoms with Crippen LogP contribution >= 0.6 is 0 Å². The quantitative estimate of drug-likeness (QED) is 0.507. The van der Waals surface area contributed by atoms with Gasteiger partial charge in [0.1, 0.15) is 0 Å². The van der Waals surface area contributed by atoms with Crippen LogP contribution in [0, 0.1) is 13.8 Å². The van der Waals surface area contributed by atoms with Crippen molar-refractivity contribution in [3.63, 3.8) is 0 Å². The maximum Gasteiger partial charge on any atom is 0.352 e. The Kier molecular flexibility index (Phi) is 4.59. The molecule has 2 aliphatic heterocycles. The Bertz CT molecular complexity index is 1250. The summed E-state index contributed by atoms with van der Waals surface area (Å²) in [7, 11) is 0. The standard InChI is InChI=1S/C23H23N3O2/c1-4-5-13-25-22(27)18-14-17-11-6-7-12-19(17)26(21(18)24-23(25)28)20-15(2)9-8-10-16(20)3/h6-12,14H,4-5,13H2,1-3H3. The Hall–Kier alpha value is -3.21. The summed E-state index contributed by atoms with van der Waals surface area (Å²) < 4.78 is 3.22. The van der Waals surface area contributed by atoms with Crippen molar-refractivity contribution in [2.45, 2.75) is 40.2 Å². The SMILES string of the molecule is CCCCn1c(=O)nc2n(-c3c(C)cccc3C)c3ccccc3cc-2c1=O. The molecule has 0 bridgehead atoms. The van der Waals surface area contributed by atoms with Crippen LogP contribution < -0.4 is 11.2 Å². The molecule has 4 rings (SSSR count). The molecule has 0 saturated heterocycles. The lowest BCUT2D eigenvalue weighted by Gasteiger charge is -2.21. The molecule has 0 N–H and O–H groups in total. The minimum atomic E-state index is -0.485. The number of nitrogens with zero attached hydrogens (tertiary/aromatic N) is 3. The average molecular weight is 373 g/mol. The number of pyridine rings is 1. The zero-order valence-corrected chi connectivity index (χ0v) is 16.4. The molecule has 0 amide bonds. The first-order valence-electron chi connectivity index (χ1n) is 9.65. The molecule has 28 heavy (non-hydrogen) atoms. The van der Waals surface area contributed by atoms with Crippen LogP contribution in [-0.4, -0.2) is 14.1 Å². The maximum absolute atomic E-state index is 13.2. The molecule has 0 aromatic heterocycles. The van der Waals surface area contributed by atoms with Crippen LogP contribution in [0.1, 0.15) is 30.9 Å². The number of aryl methyl sites for hydroxylation is 2. The minimum absolute atomic E-state index is 0.269. The monoisotopic (exact) mass is 373 g/mol. The van der Waals surface area contributed by atoms with Crippen LogP contribution in [0.15, 0.2) is 58.1 Å². The third-order valence-electron chi connectivity index (χ3n) is 5.24. The van der Waals surface area contributed by atoms with Crippen molar-refractivity contribution in [3.05, 3.63) is 80.5 Å². The van der Waals surface area contributed by atoms with E-state index in [2.05, 4.69) is 4.98 Å². The number of benzene rings is 2. The van der Waals surface area contributed by atoms with E-state index in [-0.39, 0.29) is 5.56 Å². The topological polar surface area (TPSA) is 56.9 Å². The van der Waals surface area contributed by atoms with Crippen molar-refractivity contribution < 1.29 is 0 Å². The van der Waals surface area contributed by atoms with E-state index in [1.807, 2.05) is 73.9 Å². The predicted octanol–water partition coefficient (Wildman–Crippen LogP) is 4.07. The summed E-state index contributed by atoms with van der Waals surface area (Å²) in [6.07, 6.45) is 1.68. The van der Waals surface area contributed by atoms with Gasteiger partial charge in [-0.3, -0.25) is 13.9 Å². The molecule has 2 aromatic rings. The first-order valence-corrected chi connectivity index (χ1v) is 9.65. The van der Waals surface area contributed by atoms with Gasteiger partial charge in [-0.25, -0.2) is 4.79 Å². The molecule has 0 aliphatic carbocycles. The van der Waals surface area contributed by atoms with Crippen molar-refractivity contribution in [2.75, 3.05) is 0 Å². The summed E-state index contributed by atoms with van der Waals surface area (Å²) in [5.41, 5.74) is 3.72. The molecule has 2 aliphatic rings. The number of unbranched alkanes of at least 4 members (excludes halogenated alkanes) is 1. The third kappa shape index (κ3) is 2.83. The smallest absolute Gasteiger partial charge is 0.293 e. The van der Waals surface area contributed by atoms with Gasteiger partial charge in [0.15, 0.2) is 5.82 Å². The molecule has 0 unspecified atom stereocenters. The van der Waals surface area contributed by atoms with Gasteiger partial charge in [-0.15, -0.1) is 0 Å². The molecule has 5 nitrogen and oxygen atoms in total. The Balaban J connectivity index is 2.19. The maximum atomic E-state index is 13.2. The Labute approximate surface area is 163 Å². The van der Waals surface area contributed by atoms with Gasteiger partial charge in [0.25, 0.3) is 5.56 Å². The van der Waals surface area contributed by atoms with E-state index in [4.69, 9.17) is 0 Å². The summed E-state index contributed by atoms with van der Waals surface area (Å²) in [6, 6.07) is 15.8. The number of fused-ring (bicyclic) bond motifs is 2. The molecule has 5 heteroatoms. The van der Waals surface area contributed by atoms with Gasteiger partial charge in [-0.2, -0.15) is 4.98 Å². The second-order valence-corrected chi connectivity index (χ2v) is 7.22. The summed E-state index contributed by atoms with van der Waals surface area (Å²) in [5, 5.41) is 0.942. The fraction of sp³-hybridized carbons (Fsp3) is 0.261. The van der Waals surface area contributed by atoms with E-state index in [1.165, 1.54) is 4.57 Å². The molecule has 0 radical (unpaired) electrons. The summed E-state index contributed by atoms with van der Waals surface area (Å²) in [4.78, 5) is 30.2. The first kappa shape index (κ1) is 18.2. The molecule has 0 spiro atoms. The van der Waals surface area contributed by atoms with Crippen LogP contribution in [0.25, 0.3) is 28.0 Å². The summed E-state index contributed by atoms with van der Waals surface area (Å²) in [5.74, 6) is 0.416. The van der Waals surface area contributed by atoms with Crippen molar-refractivity contribution in [1.29, 1.82) is 0 Å². The highest BCUT2D eigenvalue weighted by Crippen LogP contribution is 2.30. The van der Waals surface area contributed by atoms with Gasteiger partial charge in [0.2, 0.25) is 0 Å². The molecule has 2 heterocycles. The average Bonchev–Trinajstić information content (AvgIpc) is 2.68. The number of hydrogen-bond donors (Lipinski definition) is 0. The lowest BCUT2D eigenvalue weighted by atomic mass is 10.0. The van der Waals surface area contributed by atoms with Gasteiger partial charge in [-0.1, -0.05) is 49.7 Å². The Morgan fingerprint density at radius 1 is 0.964 bits per heavy atom. The van der Waals surface area contributed by atoms with Gasteiger partial charge in [0, 0.05) is 6.54 Å². The zero-order valence-electron chi connectivity index (χ0n) is 16.4. The third-order valence-corrected chi connectivity index (χ3v) is 5.24. The van der Waals surface area contributed by atoms with Crippen LogP contribution in [0.4, 0.5) is 0 Å². The first-order chi connectivity index (χ1) is 13.5. The molecule has 0 atom stereocenters. The molecular weight excluding hydrogens is 350 g/mol. The van der Waals surface area contributed by atoms with Crippen LogP contribution in [0.5, 0.6) is 0 Å². The summed E-state index contributed by atoms with van der Waals surface area (Å²) in [6.45, 7) is 6.49. The van der Waals surface area contributed by atoms with E-state index < -0.39 is 5.69 Å². The van der Waals surface area contributed by atoms with Crippen LogP contribution in [0.2, 0.25) is 0 Å². The van der Waals surface area contributed by atoms with E-state index in [1.54, 1.807) is 0 Å². The highest BCUT2D eigenvalue weighted by molar-refractivity contribution is 5.87. The lowest BCUT2D eigenvalue weighted by molar-refractivity contribution is 0.582. The van der Waals surface area contributed by atoms with Gasteiger partial charge < -0.3 is 0 Å². The fourth-order valence-corrected chi connectivity index (χ4v) is 3.82. The molecule has 142 valence electrons. The fourth-order valence-electron chi connectivity index (χ4n) is 3.82. The zero-order chi connectivity index (χ0) is 19.8. The highest BCUT2D eigenvalue weighted by Gasteiger charge is 2.21. The van der Waals surface area contributed by atoms with Crippen molar-refractivity contribution in [2.24, 2.45) is 0 Å². The van der Waals surface area contributed by atoms with Gasteiger partial charge >= 0.3 is 5.69 Å².